The molecule has 0 bridgehead atoms. The van der Waals surface area contributed by atoms with Crippen molar-refractivity contribution < 1.29 is 19.1 Å². The highest BCUT2D eigenvalue weighted by Gasteiger charge is 2.25. The molecule has 160 valence electrons. The van der Waals surface area contributed by atoms with Gasteiger partial charge in [-0.25, -0.2) is 0 Å². The van der Waals surface area contributed by atoms with Crippen molar-refractivity contribution in [2.75, 3.05) is 57.7 Å². The van der Waals surface area contributed by atoms with Crippen molar-refractivity contribution in [3.63, 3.8) is 0 Å². The highest BCUT2D eigenvalue weighted by Crippen LogP contribution is 2.30. The Bertz CT molecular complexity index is 866. The molecule has 2 aromatic carbocycles. The molecule has 0 atom stereocenters. The Balaban J connectivity index is 1.69. The summed E-state index contributed by atoms with van der Waals surface area (Å²) < 4.78 is 10.3. The van der Waals surface area contributed by atoms with Gasteiger partial charge in [-0.1, -0.05) is 30.3 Å². The summed E-state index contributed by atoms with van der Waals surface area (Å²) in [5, 5.41) is 0. The average molecular weight is 429 g/mol. The smallest absolute Gasteiger partial charge is 0.255 e. The molecule has 2 amide bonds. The Morgan fingerprint density at radius 1 is 1.00 bits per heavy atom. The molecule has 0 saturated heterocycles. The molecule has 1 aliphatic heterocycles. The molecule has 0 radical (unpaired) electrons. The van der Waals surface area contributed by atoms with E-state index in [9.17, 15) is 9.59 Å². The van der Waals surface area contributed by atoms with Crippen molar-refractivity contribution in [2.24, 2.45) is 0 Å². The maximum Gasteiger partial charge on any atom is 0.255 e. The van der Waals surface area contributed by atoms with Gasteiger partial charge in [0.15, 0.2) is 0 Å². The second-order valence-electron chi connectivity index (χ2n) is 6.99. The van der Waals surface area contributed by atoms with E-state index in [4.69, 9.17) is 9.47 Å². The molecule has 2 aromatic rings. The average Bonchev–Trinajstić information content (AvgIpc) is 3.22. The van der Waals surface area contributed by atoms with Crippen LogP contribution in [0.3, 0.4) is 0 Å². The third-order valence-electron chi connectivity index (χ3n) is 5.07. The lowest BCUT2D eigenvalue weighted by molar-refractivity contribution is -0.116. The van der Waals surface area contributed by atoms with E-state index in [1.807, 2.05) is 47.4 Å². The molecule has 0 spiro atoms. The molecule has 0 fully saturated rings. The number of benzene rings is 2. The molecule has 6 nitrogen and oxygen atoms in total. The van der Waals surface area contributed by atoms with Crippen LogP contribution in [0.25, 0.3) is 0 Å². The number of anilines is 1. The number of hydrogen-bond donors (Lipinski definition) is 0. The van der Waals surface area contributed by atoms with E-state index in [-0.39, 0.29) is 17.6 Å². The topological polar surface area (TPSA) is 59.1 Å². The van der Waals surface area contributed by atoms with Crippen LogP contribution in [0.1, 0.15) is 15.9 Å². The highest BCUT2D eigenvalue weighted by molar-refractivity contribution is 8.00. The number of amides is 2. The predicted octanol–water partition coefficient (Wildman–Crippen LogP) is 3.10. The van der Waals surface area contributed by atoms with E-state index in [2.05, 4.69) is 6.07 Å². The molecule has 0 unspecified atom stereocenters. The first kappa shape index (κ1) is 22.3. The van der Waals surface area contributed by atoms with E-state index in [1.54, 1.807) is 19.1 Å². The zero-order valence-corrected chi connectivity index (χ0v) is 18.3. The largest absolute Gasteiger partial charge is 0.383 e. The Morgan fingerprint density at radius 2 is 1.67 bits per heavy atom. The molecule has 7 heteroatoms. The molecular formula is C23H28N2O4S. The number of nitrogens with zero attached hydrogens (tertiary/aromatic N) is 2. The summed E-state index contributed by atoms with van der Waals surface area (Å²) in [7, 11) is 3.23. The zero-order chi connectivity index (χ0) is 21.3. The fraction of sp³-hybridized carbons (Fsp3) is 0.391. The Morgan fingerprint density at radius 3 is 2.40 bits per heavy atom. The van der Waals surface area contributed by atoms with Crippen LogP contribution in [0.2, 0.25) is 0 Å². The highest BCUT2D eigenvalue weighted by atomic mass is 32.2. The second kappa shape index (κ2) is 11.2. The van der Waals surface area contributed by atoms with Crippen LogP contribution >= 0.6 is 11.8 Å². The quantitative estimate of drug-likeness (QED) is 0.544. The Labute approximate surface area is 182 Å². The summed E-state index contributed by atoms with van der Waals surface area (Å²) in [6.07, 6.45) is 0.885. The van der Waals surface area contributed by atoms with Crippen molar-refractivity contribution in [3.05, 3.63) is 59.7 Å². The number of rotatable bonds is 10. The van der Waals surface area contributed by atoms with Gasteiger partial charge in [-0.2, -0.15) is 0 Å². The summed E-state index contributed by atoms with van der Waals surface area (Å²) in [5.74, 6) is 0.267. The third kappa shape index (κ3) is 5.41. The molecule has 0 N–H and O–H groups in total. The molecular weight excluding hydrogens is 400 g/mol. The maximum absolute atomic E-state index is 13.1. The van der Waals surface area contributed by atoms with Gasteiger partial charge in [0.05, 0.1) is 24.5 Å². The van der Waals surface area contributed by atoms with Gasteiger partial charge in [0.25, 0.3) is 5.91 Å². The Kier molecular flexibility index (Phi) is 8.30. The molecule has 3 rings (SSSR count). The Hall–Kier alpha value is -2.35. The van der Waals surface area contributed by atoms with Gasteiger partial charge >= 0.3 is 0 Å². The van der Waals surface area contributed by atoms with Crippen molar-refractivity contribution in [3.8, 4) is 0 Å². The molecule has 1 heterocycles. The van der Waals surface area contributed by atoms with Crippen LogP contribution in [-0.2, 0) is 20.7 Å². The third-order valence-corrected chi connectivity index (χ3v) is 6.13. The van der Waals surface area contributed by atoms with Crippen molar-refractivity contribution in [2.45, 2.75) is 11.3 Å². The number of carbonyl (C=O) groups excluding carboxylic acids is 2. The summed E-state index contributed by atoms with van der Waals surface area (Å²) in [6, 6.07) is 15.5. The lowest BCUT2D eigenvalue weighted by Crippen LogP contribution is -2.36. The first-order chi connectivity index (χ1) is 14.7. The summed E-state index contributed by atoms with van der Waals surface area (Å²) in [5.41, 5.74) is 2.81. The van der Waals surface area contributed by atoms with Crippen molar-refractivity contribution in [1.82, 2.24) is 4.90 Å². The lowest BCUT2D eigenvalue weighted by Gasteiger charge is -2.23. The van der Waals surface area contributed by atoms with E-state index in [0.717, 1.165) is 17.0 Å². The van der Waals surface area contributed by atoms with Gasteiger partial charge in [0.1, 0.15) is 0 Å². The normalized spacial score (nSPS) is 12.7. The number of carbonyl (C=O) groups is 2. The van der Waals surface area contributed by atoms with Crippen LogP contribution in [0.15, 0.2) is 53.4 Å². The summed E-state index contributed by atoms with van der Waals surface area (Å²) in [6.45, 7) is 2.60. The summed E-state index contributed by atoms with van der Waals surface area (Å²) >= 11 is 1.41. The fourth-order valence-electron chi connectivity index (χ4n) is 3.47. The molecule has 0 aliphatic carbocycles. The van der Waals surface area contributed by atoms with E-state index in [1.165, 1.54) is 17.3 Å². The van der Waals surface area contributed by atoms with E-state index in [0.29, 0.717) is 38.4 Å². The molecule has 30 heavy (non-hydrogen) atoms. The molecule has 0 saturated carbocycles. The number of hydrogen-bond acceptors (Lipinski definition) is 5. The van der Waals surface area contributed by atoms with Crippen molar-refractivity contribution >= 4 is 29.3 Å². The van der Waals surface area contributed by atoms with Crippen LogP contribution in [-0.4, -0.2) is 69.5 Å². The minimum atomic E-state index is -0.0776. The van der Waals surface area contributed by atoms with Crippen molar-refractivity contribution in [1.29, 1.82) is 0 Å². The fourth-order valence-corrected chi connectivity index (χ4v) is 4.39. The summed E-state index contributed by atoms with van der Waals surface area (Å²) in [4.78, 5) is 30.4. The standard InChI is InChI=1S/C23H28N2O4S/c1-28-15-13-24(14-16-29-2)23(27)19-8-4-6-10-21(19)30-17-22(26)25-12-11-18-7-3-5-9-20(18)25/h3-10H,11-17H2,1-2H3. The SMILES string of the molecule is COCCN(CCOC)C(=O)c1ccccc1SCC(=O)N1CCc2ccccc21. The van der Waals surface area contributed by atoms with Gasteiger partial charge in [-0.15, -0.1) is 11.8 Å². The number of ether oxygens (including phenoxy) is 2. The first-order valence-corrected chi connectivity index (χ1v) is 11.0. The van der Waals surface area contributed by atoms with Crippen LogP contribution in [0.5, 0.6) is 0 Å². The molecule has 0 aromatic heterocycles. The molecule has 1 aliphatic rings. The zero-order valence-electron chi connectivity index (χ0n) is 17.5. The number of thioether (sulfide) groups is 1. The minimum absolute atomic E-state index is 0.0582. The van der Waals surface area contributed by atoms with E-state index < -0.39 is 0 Å². The number of fused-ring (bicyclic) bond motifs is 1. The number of methoxy groups -OCH3 is 2. The van der Waals surface area contributed by atoms with Gasteiger partial charge in [0, 0.05) is 44.4 Å². The van der Waals surface area contributed by atoms with Crippen LogP contribution < -0.4 is 4.90 Å². The minimum Gasteiger partial charge on any atom is -0.383 e. The van der Waals surface area contributed by atoms with Gasteiger partial charge < -0.3 is 19.3 Å². The first-order valence-electron chi connectivity index (χ1n) is 10.0. The van der Waals surface area contributed by atoms with Gasteiger partial charge in [0.2, 0.25) is 5.91 Å². The predicted molar refractivity (Wildman–Crippen MR) is 119 cm³/mol. The maximum atomic E-state index is 13.1. The lowest BCUT2D eigenvalue weighted by atomic mass is 10.2. The second-order valence-corrected chi connectivity index (χ2v) is 8.00. The van der Waals surface area contributed by atoms with Crippen LogP contribution in [0, 0.1) is 0 Å². The van der Waals surface area contributed by atoms with Crippen LogP contribution in [0.4, 0.5) is 5.69 Å². The number of para-hydroxylation sites is 1. The monoisotopic (exact) mass is 428 g/mol. The van der Waals surface area contributed by atoms with Gasteiger partial charge in [-0.3, -0.25) is 9.59 Å². The van der Waals surface area contributed by atoms with Gasteiger partial charge in [-0.05, 0) is 30.2 Å². The van der Waals surface area contributed by atoms with E-state index >= 15 is 0 Å².